The summed E-state index contributed by atoms with van der Waals surface area (Å²) in [5.41, 5.74) is 0.801. The Bertz CT molecular complexity index is 763. The number of hydrogen-bond donors (Lipinski definition) is 0. The number of nitrogens with zero attached hydrogens (tertiary/aromatic N) is 5. The Morgan fingerprint density at radius 2 is 1.88 bits per heavy atom. The first kappa shape index (κ1) is 17.3. The van der Waals surface area contributed by atoms with Crippen molar-refractivity contribution in [3.05, 3.63) is 24.0 Å². The van der Waals surface area contributed by atoms with Crippen LogP contribution >= 0.6 is 0 Å². The highest BCUT2D eigenvalue weighted by molar-refractivity contribution is 5.50. The highest BCUT2D eigenvalue weighted by Gasteiger charge is 2.44. The number of fused-ring (bicyclic) bond motifs is 1. The standard InChI is InChI=1S/C19H27N5O2/c1-4-23(5-2)19(10-8-14(3)9-11-19)18-20-21-22-24(18)15-6-7-16-17(12-15)26-13-25-16/h6-7,12,14H,4-5,8-11,13H2,1-3H3. The third-order valence-corrected chi connectivity index (χ3v) is 5.96. The predicted octanol–water partition coefficient (Wildman–Crippen LogP) is 3.14. The van der Waals surface area contributed by atoms with Crippen molar-refractivity contribution in [1.29, 1.82) is 0 Å². The highest BCUT2D eigenvalue weighted by atomic mass is 16.7. The van der Waals surface area contributed by atoms with Crippen LogP contribution in [0.2, 0.25) is 0 Å². The Balaban J connectivity index is 1.78. The normalized spacial score (nSPS) is 25.0. The molecule has 1 aromatic heterocycles. The van der Waals surface area contributed by atoms with E-state index in [1.807, 2.05) is 22.9 Å². The summed E-state index contributed by atoms with van der Waals surface area (Å²) in [7, 11) is 0. The van der Waals surface area contributed by atoms with Gasteiger partial charge in [0.15, 0.2) is 17.3 Å². The lowest BCUT2D eigenvalue weighted by Gasteiger charge is -2.46. The molecular weight excluding hydrogens is 330 g/mol. The molecule has 2 aromatic rings. The van der Waals surface area contributed by atoms with Crippen molar-refractivity contribution in [3.8, 4) is 17.2 Å². The highest BCUT2D eigenvalue weighted by Crippen LogP contribution is 2.44. The van der Waals surface area contributed by atoms with Gasteiger partial charge in [0.25, 0.3) is 0 Å². The van der Waals surface area contributed by atoms with Gasteiger partial charge in [0.05, 0.1) is 11.2 Å². The SMILES string of the molecule is CCN(CC)C1(c2nnnn2-c2ccc3c(c2)OCO3)CCC(C)CC1. The average Bonchev–Trinajstić information content (AvgIpc) is 3.33. The predicted molar refractivity (Wildman–Crippen MR) is 97.5 cm³/mol. The number of hydrogen-bond acceptors (Lipinski definition) is 6. The van der Waals surface area contributed by atoms with E-state index in [9.17, 15) is 0 Å². The fourth-order valence-electron chi connectivity index (χ4n) is 4.42. The third-order valence-electron chi connectivity index (χ3n) is 5.96. The van der Waals surface area contributed by atoms with Crippen LogP contribution < -0.4 is 9.47 Å². The van der Waals surface area contributed by atoms with E-state index in [4.69, 9.17) is 9.47 Å². The molecule has 26 heavy (non-hydrogen) atoms. The summed E-state index contributed by atoms with van der Waals surface area (Å²) in [6, 6.07) is 5.88. The van der Waals surface area contributed by atoms with Gasteiger partial charge in [-0.15, -0.1) is 5.10 Å². The minimum Gasteiger partial charge on any atom is -0.454 e. The van der Waals surface area contributed by atoms with Gasteiger partial charge < -0.3 is 9.47 Å². The fraction of sp³-hybridized carbons (Fsp3) is 0.632. The average molecular weight is 357 g/mol. The molecule has 0 saturated heterocycles. The lowest BCUT2D eigenvalue weighted by Crippen LogP contribution is -2.50. The summed E-state index contributed by atoms with van der Waals surface area (Å²) in [6.07, 6.45) is 4.57. The first-order valence-corrected chi connectivity index (χ1v) is 9.62. The molecule has 2 aliphatic rings. The van der Waals surface area contributed by atoms with Crippen molar-refractivity contribution in [2.75, 3.05) is 19.9 Å². The van der Waals surface area contributed by atoms with Crippen LogP contribution in [0.1, 0.15) is 52.3 Å². The van der Waals surface area contributed by atoms with Gasteiger partial charge in [-0.2, -0.15) is 4.68 Å². The maximum atomic E-state index is 5.54. The second kappa shape index (κ2) is 6.87. The Morgan fingerprint density at radius 1 is 1.15 bits per heavy atom. The van der Waals surface area contributed by atoms with Crippen molar-refractivity contribution in [2.24, 2.45) is 5.92 Å². The maximum absolute atomic E-state index is 5.54. The summed E-state index contributed by atoms with van der Waals surface area (Å²) in [6.45, 7) is 9.02. The molecule has 2 heterocycles. The van der Waals surface area contributed by atoms with Crippen molar-refractivity contribution >= 4 is 0 Å². The second-order valence-corrected chi connectivity index (χ2v) is 7.34. The molecule has 1 saturated carbocycles. The molecular formula is C19H27N5O2. The van der Waals surface area contributed by atoms with Crippen LogP contribution in [0.15, 0.2) is 18.2 Å². The molecule has 4 rings (SSSR count). The fourth-order valence-corrected chi connectivity index (χ4v) is 4.42. The number of benzene rings is 1. The monoisotopic (exact) mass is 357 g/mol. The van der Waals surface area contributed by atoms with Gasteiger partial charge >= 0.3 is 0 Å². The maximum Gasteiger partial charge on any atom is 0.231 e. The van der Waals surface area contributed by atoms with Crippen molar-refractivity contribution in [2.45, 2.75) is 52.0 Å². The minimum absolute atomic E-state index is 0.115. The summed E-state index contributed by atoms with van der Waals surface area (Å²) in [4.78, 5) is 2.52. The molecule has 0 bridgehead atoms. The van der Waals surface area contributed by atoms with E-state index < -0.39 is 0 Å². The van der Waals surface area contributed by atoms with E-state index in [2.05, 4.69) is 41.2 Å². The van der Waals surface area contributed by atoms with Crippen molar-refractivity contribution in [1.82, 2.24) is 25.1 Å². The lowest BCUT2D eigenvalue weighted by molar-refractivity contribution is 0.0336. The molecule has 1 fully saturated rings. The molecule has 7 heteroatoms. The zero-order valence-electron chi connectivity index (χ0n) is 15.8. The van der Waals surface area contributed by atoms with Crippen LogP contribution in [0.5, 0.6) is 11.5 Å². The number of ether oxygens (including phenoxy) is 2. The van der Waals surface area contributed by atoms with E-state index in [0.717, 1.165) is 54.9 Å². The van der Waals surface area contributed by atoms with Gasteiger partial charge in [0.1, 0.15) is 0 Å². The van der Waals surface area contributed by atoms with Crippen LogP contribution in [0.3, 0.4) is 0 Å². The van der Waals surface area contributed by atoms with Gasteiger partial charge in [0.2, 0.25) is 6.79 Å². The number of tetrazole rings is 1. The summed E-state index contributed by atoms with van der Waals surface area (Å²) < 4.78 is 12.9. The Morgan fingerprint density at radius 3 is 2.62 bits per heavy atom. The largest absolute Gasteiger partial charge is 0.454 e. The molecule has 0 spiro atoms. The molecule has 0 unspecified atom stereocenters. The third kappa shape index (κ3) is 2.74. The molecule has 140 valence electrons. The molecule has 1 aromatic carbocycles. The topological polar surface area (TPSA) is 65.3 Å². The van der Waals surface area contributed by atoms with E-state index in [1.54, 1.807) is 0 Å². The zero-order chi connectivity index (χ0) is 18.1. The molecule has 0 amide bonds. The number of aromatic nitrogens is 4. The van der Waals surface area contributed by atoms with E-state index in [0.29, 0.717) is 0 Å². The Kier molecular flexibility index (Phi) is 4.56. The summed E-state index contributed by atoms with van der Waals surface area (Å²) >= 11 is 0. The van der Waals surface area contributed by atoms with Crippen molar-refractivity contribution < 1.29 is 9.47 Å². The first-order valence-electron chi connectivity index (χ1n) is 9.62. The zero-order valence-corrected chi connectivity index (χ0v) is 15.8. The molecule has 1 aliphatic heterocycles. The minimum atomic E-state index is -0.115. The van der Waals surface area contributed by atoms with E-state index in [-0.39, 0.29) is 12.3 Å². The van der Waals surface area contributed by atoms with Crippen LogP contribution in [0.25, 0.3) is 5.69 Å². The van der Waals surface area contributed by atoms with Crippen LogP contribution in [0.4, 0.5) is 0 Å². The first-order chi connectivity index (χ1) is 12.7. The van der Waals surface area contributed by atoms with Crippen LogP contribution in [-0.4, -0.2) is 45.0 Å². The van der Waals surface area contributed by atoms with Crippen LogP contribution in [0, 0.1) is 5.92 Å². The second-order valence-electron chi connectivity index (χ2n) is 7.34. The molecule has 0 atom stereocenters. The molecule has 0 N–H and O–H groups in total. The Hall–Kier alpha value is -2.15. The molecule has 1 aliphatic carbocycles. The number of rotatable bonds is 5. The lowest BCUT2D eigenvalue weighted by atomic mass is 9.75. The Labute approximate surface area is 154 Å². The summed E-state index contributed by atoms with van der Waals surface area (Å²) in [5, 5.41) is 12.9. The van der Waals surface area contributed by atoms with Gasteiger partial charge in [-0.1, -0.05) is 20.8 Å². The van der Waals surface area contributed by atoms with E-state index >= 15 is 0 Å². The molecule has 0 radical (unpaired) electrons. The van der Waals surface area contributed by atoms with Crippen molar-refractivity contribution in [3.63, 3.8) is 0 Å². The van der Waals surface area contributed by atoms with E-state index in [1.165, 1.54) is 12.8 Å². The van der Waals surface area contributed by atoms with Gasteiger partial charge in [0, 0.05) is 6.07 Å². The van der Waals surface area contributed by atoms with Gasteiger partial charge in [-0.25, -0.2) is 0 Å². The smallest absolute Gasteiger partial charge is 0.231 e. The molecule has 7 nitrogen and oxygen atoms in total. The quantitative estimate of drug-likeness (QED) is 0.819. The van der Waals surface area contributed by atoms with Gasteiger partial charge in [-0.05, 0) is 67.3 Å². The van der Waals surface area contributed by atoms with Crippen LogP contribution in [-0.2, 0) is 5.54 Å². The van der Waals surface area contributed by atoms with Gasteiger partial charge in [-0.3, -0.25) is 4.90 Å². The summed E-state index contributed by atoms with van der Waals surface area (Å²) in [5.74, 6) is 3.21.